The van der Waals surface area contributed by atoms with Gasteiger partial charge in [-0.15, -0.1) is 0 Å². The summed E-state index contributed by atoms with van der Waals surface area (Å²) in [6.07, 6.45) is 1.06. The average molecular weight is 513 g/mol. The Bertz CT molecular complexity index is 1310. The second-order valence-corrected chi connectivity index (χ2v) is 8.97. The zero-order valence-electron chi connectivity index (χ0n) is 19.0. The quantitative estimate of drug-likeness (QED) is 0.273. The molecule has 0 saturated heterocycles. The maximum atomic E-state index is 12.7. The van der Waals surface area contributed by atoms with Gasteiger partial charge in [0, 0.05) is 18.3 Å². The van der Waals surface area contributed by atoms with Gasteiger partial charge in [-0.1, -0.05) is 24.3 Å². The van der Waals surface area contributed by atoms with Crippen LogP contribution in [0, 0.1) is 0 Å². The number of aliphatic hydroxyl groups excluding tert-OH is 1. The van der Waals surface area contributed by atoms with Crippen LogP contribution in [0.15, 0.2) is 77.8 Å². The molecule has 4 N–H and O–H groups in total. The Balaban J connectivity index is 1.59. The van der Waals surface area contributed by atoms with E-state index in [0.717, 1.165) is 12.3 Å². The molecule has 0 aliphatic carbocycles. The number of benzene rings is 2. The van der Waals surface area contributed by atoms with Gasteiger partial charge in [0.2, 0.25) is 0 Å². The Morgan fingerprint density at radius 1 is 0.833 bits per heavy atom. The summed E-state index contributed by atoms with van der Waals surface area (Å²) in [4.78, 5) is 40.2. The standard InChI is InChI=1S/C24H24N4O7S/c29-13-11-25-24(32)21-10-9-18(16-27-21)23(31)28-36(33,34)20-8-4-5-17(15-20)22(30)26-12-14-35-19-6-2-1-3-7-19/h1-10,15-16,29H,11-14H2,(H,25,32)(H,26,30)(H,28,31). The summed E-state index contributed by atoms with van der Waals surface area (Å²) in [5.41, 5.74) is -0.00900. The van der Waals surface area contributed by atoms with E-state index < -0.39 is 27.7 Å². The van der Waals surface area contributed by atoms with Crippen molar-refractivity contribution in [2.75, 3.05) is 26.3 Å². The van der Waals surface area contributed by atoms with Crippen LogP contribution in [-0.4, -0.2) is 62.5 Å². The smallest absolute Gasteiger partial charge is 0.269 e. The Labute approximate surface area is 207 Å². The van der Waals surface area contributed by atoms with Crippen LogP contribution in [0.3, 0.4) is 0 Å². The topological polar surface area (TPSA) is 164 Å². The molecule has 0 aliphatic heterocycles. The highest BCUT2D eigenvalue weighted by Crippen LogP contribution is 2.13. The molecule has 3 aromatic rings. The first-order chi connectivity index (χ1) is 17.3. The third-order valence-electron chi connectivity index (χ3n) is 4.69. The Kier molecular flexibility index (Phi) is 9.08. The van der Waals surface area contributed by atoms with Crippen molar-refractivity contribution in [3.8, 4) is 5.75 Å². The van der Waals surface area contributed by atoms with Gasteiger partial charge in [0.15, 0.2) is 0 Å². The van der Waals surface area contributed by atoms with E-state index in [1.165, 1.54) is 30.3 Å². The third kappa shape index (κ3) is 7.35. The van der Waals surface area contributed by atoms with Gasteiger partial charge in [0.05, 0.1) is 23.6 Å². The molecule has 0 bridgehead atoms. The fourth-order valence-electron chi connectivity index (χ4n) is 2.92. The van der Waals surface area contributed by atoms with Crippen LogP contribution in [0.1, 0.15) is 31.2 Å². The van der Waals surface area contributed by atoms with Crippen molar-refractivity contribution in [1.82, 2.24) is 20.3 Å². The van der Waals surface area contributed by atoms with Crippen molar-refractivity contribution in [1.29, 1.82) is 0 Å². The number of aliphatic hydroxyl groups is 1. The van der Waals surface area contributed by atoms with Crippen LogP contribution in [0.25, 0.3) is 0 Å². The van der Waals surface area contributed by atoms with E-state index in [4.69, 9.17) is 9.84 Å². The number of amides is 3. The van der Waals surface area contributed by atoms with Crippen LogP contribution < -0.4 is 20.1 Å². The maximum absolute atomic E-state index is 12.7. The van der Waals surface area contributed by atoms with Gasteiger partial charge in [-0.25, -0.2) is 13.1 Å². The molecule has 188 valence electrons. The minimum Gasteiger partial charge on any atom is -0.492 e. The van der Waals surface area contributed by atoms with Crippen molar-refractivity contribution in [3.05, 3.63) is 89.7 Å². The SMILES string of the molecule is O=C(NCCOc1ccccc1)c1cccc(S(=O)(=O)NC(=O)c2ccc(C(=O)NCCO)nc2)c1. The lowest BCUT2D eigenvalue weighted by molar-refractivity contribution is 0.0933. The number of sulfonamides is 1. The second kappa shape index (κ2) is 12.4. The first-order valence-corrected chi connectivity index (χ1v) is 12.3. The highest BCUT2D eigenvalue weighted by atomic mass is 32.2. The summed E-state index contributed by atoms with van der Waals surface area (Å²) in [6.45, 7) is 0.220. The fraction of sp³-hybridized carbons (Fsp3) is 0.167. The molecule has 12 heteroatoms. The van der Waals surface area contributed by atoms with E-state index >= 15 is 0 Å². The number of carbonyl (C=O) groups excluding carboxylic acids is 3. The second-order valence-electron chi connectivity index (χ2n) is 7.29. The van der Waals surface area contributed by atoms with Gasteiger partial charge in [-0.3, -0.25) is 19.4 Å². The van der Waals surface area contributed by atoms with E-state index in [2.05, 4.69) is 15.6 Å². The molecule has 3 rings (SSSR count). The third-order valence-corrected chi connectivity index (χ3v) is 6.02. The van der Waals surface area contributed by atoms with Gasteiger partial charge < -0.3 is 20.5 Å². The highest BCUT2D eigenvalue weighted by molar-refractivity contribution is 7.90. The van der Waals surface area contributed by atoms with Crippen molar-refractivity contribution in [2.24, 2.45) is 0 Å². The summed E-state index contributed by atoms with van der Waals surface area (Å²) in [7, 11) is -4.30. The van der Waals surface area contributed by atoms with Gasteiger partial charge >= 0.3 is 0 Å². The van der Waals surface area contributed by atoms with Gasteiger partial charge in [0.1, 0.15) is 18.1 Å². The van der Waals surface area contributed by atoms with Gasteiger partial charge in [0.25, 0.3) is 27.7 Å². The molecule has 0 atom stereocenters. The van der Waals surface area contributed by atoms with E-state index in [9.17, 15) is 22.8 Å². The molecule has 0 radical (unpaired) electrons. The number of para-hydroxylation sites is 1. The number of aromatic nitrogens is 1. The molecule has 36 heavy (non-hydrogen) atoms. The number of ether oxygens (including phenoxy) is 1. The molecule has 1 aromatic heterocycles. The minimum atomic E-state index is -4.30. The number of nitrogens with one attached hydrogen (secondary N) is 3. The molecular formula is C24H24N4O7S. The largest absolute Gasteiger partial charge is 0.492 e. The van der Waals surface area contributed by atoms with Crippen LogP contribution in [0.2, 0.25) is 0 Å². The molecule has 0 fully saturated rings. The fourth-order valence-corrected chi connectivity index (χ4v) is 3.94. The molecule has 0 aliphatic rings. The molecular weight excluding hydrogens is 488 g/mol. The molecule has 0 saturated carbocycles. The Hall–Kier alpha value is -4.29. The lowest BCUT2D eigenvalue weighted by atomic mass is 10.2. The van der Waals surface area contributed by atoms with E-state index in [1.54, 1.807) is 12.1 Å². The normalized spacial score (nSPS) is 10.8. The maximum Gasteiger partial charge on any atom is 0.269 e. The number of rotatable bonds is 11. The average Bonchev–Trinajstić information content (AvgIpc) is 2.90. The zero-order valence-corrected chi connectivity index (χ0v) is 19.8. The predicted octanol–water partition coefficient (Wildman–Crippen LogP) is 0.731. The van der Waals surface area contributed by atoms with Gasteiger partial charge in [-0.2, -0.15) is 0 Å². The summed E-state index contributed by atoms with van der Waals surface area (Å²) >= 11 is 0. The van der Waals surface area contributed by atoms with Crippen LogP contribution >= 0.6 is 0 Å². The van der Waals surface area contributed by atoms with E-state index in [0.29, 0.717) is 5.75 Å². The number of hydrogen-bond donors (Lipinski definition) is 4. The summed E-state index contributed by atoms with van der Waals surface area (Å²) in [5, 5.41) is 13.8. The summed E-state index contributed by atoms with van der Waals surface area (Å²) < 4.78 is 32.8. The molecule has 1 heterocycles. The van der Waals surface area contributed by atoms with Crippen molar-refractivity contribution in [3.63, 3.8) is 0 Å². The monoisotopic (exact) mass is 512 g/mol. The van der Waals surface area contributed by atoms with E-state index in [-0.39, 0.29) is 48.0 Å². The first kappa shape index (κ1) is 26.3. The summed E-state index contributed by atoms with van der Waals surface area (Å²) in [6, 6.07) is 16.8. The van der Waals surface area contributed by atoms with Crippen molar-refractivity contribution < 1.29 is 32.6 Å². The van der Waals surface area contributed by atoms with Crippen molar-refractivity contribution >= 4 is 27.7 Å². The zero-order chi connectivity index (χ0) is 26.0. The molecule has 2 aromatic carbocycles. The molecule has 3 amide bonds. The van der Waals surface area contributed by atoms with Crippen LogP contribution in [0.4, 0.5) is 0 Å². The number of hydrogen-bond acceptors (Lipinski definition) is 8. The van der Waals surface area contributed by atoms with Crippen LogP contribution in [-0.2, 0) is 10.0 Å². The highest BCUT2D eigenvalue weighted by Gasteiger charge is 2.21. The Morgan fingerprint density at radius 2 is 1.58 bits per heavy atom. The first-order valence-electron chi connectivity index (χ1n) is 10.8. The lowest BCUT2D eigenvalue weighted by Crippen LogP contribution is -2.32. The predicted molar refractivity (Wildman–Crippen MR) is 129 cm³/mol. The van der Waals surface area contributed by atoms with E-state index in [1.807, 2.05) is 22.9 Å². The molecule has 0 spiro atoms. The molecule has 0 unspecified atom stereocenters. The Morgan fingerprint density at radius 3 is 2.28 bits per heavy atom. The van der Waals surface area contributed by atoms with Crippen molar-refractivity contribution in [2.45, 2.75) is 4.90 Å². The number of pyridine rings is 1. The lowest BCUT2D eigenvalue weighted by Gasteiger charge is -2.10. The minimum absolute atomic E-state index is 0.00395. The summed E-state index contributed by atoms with van der Waals surface area (Å²) in [5.74, 6) is -1.36. The molecule has 11 nitrogen and oxygen atoms in total. The van der Waals surface area contributed by atoms with Crippen LogP contribution in [0.5, 0.6) is 5.75 Å². The van der Waals surface area contributed by atoms with Gasteiger partial charge in [-0.05, 0) is 42.5 Å². The number of nitrogens with zero attached hydrogens (tertiary/aromatic N) is 1. The number of carbonyl (C=O) groups is 3.